The smallest absolute Gasteiger partial charge is 0.277 e. The van der Waals surface area contributed by atoms with Gasteiger partial charge in [0.2, 0.25) is 5.91 Å². The second kappa shape index (κ2) is 8.14. The summed E-state index contributed by atoms with van der Waals surface area (Å²) < 4.78 is 0. The van der Waals surface area contributed by atoms with Crippen LogP contribution in [0.5, 0.6) is 0 Å². The molecule has 0 radical (unpaired) electrons. The van der Waals surface area contributed by atoms with Crippen LogP contribution < -0.4 is 16.0 Å². The number of piperidine rings is 1. The first-order chi connectivity index (χ1) is 14.1. The Bertz CT molecular complexity index is 1020. The lowest BCUT2D eigenvalue weighted by atomic mass is 10.1. The maximum Gasteiger partial charge on any atom is 0.277 e. The van der Waals surface area contributed by atoms with Crippen LogP contribution in [0.25, 0.3) is 5.69 Å². The van der Waals surface area contributed by atoms with Crippen molar-refractivity contribution in [2.45, 2.75) is 19.3 Å². The Hall–Kier alpha value is -3.68. The second-order valence-corrected chi connectivity index (χ2v) is 6.95. The van der Waals surface area contributed by atoms with E-state index < -0.39 is 11.8 Å². The molecule has 8 heteroatoms. The summed E-state index contributed by atoms with van der Waals surface area (Å²) in [6, 6.07) is 14.5. The van der Waals surface area contributed by atoms with Gasteiger partial charge in [0.1, 0.15) is 0 Å². The lowest BCUT2D eigenvalue weighted by molar-refractivity contribution is 0.0995. The van der Waals surface area contributed by atoms with Crippen molar-refractivity contribution >= 4 is 23.2 Å². The molecule has 3 aromatic rings. The third-order valence-corrected chi connectivity index (χ3v) is 4.94. The highest BCUT2D eigenvalue weighted by atomic mass is 16.2. The van der Waals surface area contributed by atoms with Gasteiger partial charge >= 0.3 is 0 Å². The second-order valence-electron chi connectivity index (χ2n) is 6.95. The van der Waals surface area contributed by atoms with Crippen LogP contribution in [0.4, 0.5) is 11.4 Å². The number of benzene rings is 2. The van der Waals surface area contributed by atoms with E-state index in [0.717, 1.165) is 37.3 Å². The van der Waals surface area contributed by atoms with Gasteiger partial charge in [0, 0.05) is 18.7 Å². The largest absolute Gasteiger partial charge is 0.370 e. The first kappa shape index (κ1) is 18.7. The van der Waals surface area contributed by atoms with Crippen molar-refractivity contribution in [3.05, 3.63) is 66.0 Å². The molecule has 2 aromatic carbocycles. The number of rotatable bonds is 5. The molecule has 29 heavy (non-hydrogen) atoms. The van der Waals surface area contributed by atoms with Crippen LogP contribution in [-0.2, 0) is 0 Å². The van der Waals surface area contributed by atoms with Crippen LogP contribution in [0, 0.1) is 0 Å². The fourth-order valence-corrected chi connectivity index (χ4v) is 3.44. The molecule has 0 aliphatic carbocycles. The summed E-state index contributed by atoms with van der Waals surface area (Å²) in [6.45, 7) is 1.81. The fourth-order valence-electron chi connectivity index (χ4n) is 3.44. The van der Waals surface area contributed by atoms with Gasteiger partial charge < -0.3 is 16.0 Å². The standard InChI is InChI=1S/C21H22N6O2/c22-20(28)15-9-10-19(26-11-5-2-6-12-26)17(13-15)24-21(29)18-14-23-27(25-18)16-7-3-1-4-8-16/h1,3-4,7-10,13-14H,2,5-6,11-12H2,(H2,22,28)(H,24,29). The van der Waals surface area contributed by atoms with Gasteiger partial charge in [0.15, 0.2) is 5.69 Å². The Morgan fingerprint density at radius 1 is 1.00 bits per heavy atom. The quantitative estimate of drug-likeness (QED) is 0.696. The van der Waals surface area contributed by atoms with Crippen molar-refractivity contribution in [2.24, 2.45) is 5.73 Å². The monoisotopic (exact) mass is 390 g/mol. The molecule has 1 fully saturated rings. The summed E-state index contributed by atoms with van der Waals surface area (Å²) in [7, 11) is 0. The van der Waals surface area contributed by atoms with E-state index in [1.807, 2.05) is 36.4 Å². The maximum atomic E-state index is 12.8. The van der Waals surface area contributed by atoms with Gasteiger partial charge in [0.25, 0.3) is 5.91 Å². The number of primary amides is 1. The first-order valence-electron chi connectivity index (χ1n) is 9.60. The average molecular weight is 390 g/mol. The molecular formula is C21H22N6O2. The predicted octanol–water partition coefficient (Wildman–Crippen LogP) is 2.61. The Kier molecular flexibility index (Phi) is 5.24. The van der Waals surface area contributed by atoms with Crippen LogP contribution in [0.2, 0.25) is 0 Å². The molecule has 1 aliphatic heterocycles. The number of hydrogen-bond donors (Lipinski definition) is 2. The minimum atomic E-state index is -0.541. The molecule has 2 heterocycles. The summed E-state index contributed by atoms with van der Waals surface area (Å²) >= 11 is 0. The molecule has 1 aromatic heterocycles. The summed E-state index contributed by atoms with van der Waals surface area (Å²) in [4.78, 5) is 28.1. The zero-order valence-corrected chi connectivity index (χ0v) is 15.9. The Labute approximate surface area is 168 Å². The number of nitrogens with two attached hydrogens (primary N) is 1. The third-order valence-electron chi connectivity index (χ3n) is 4.94. The lowest BCUT2D eigenvalue weighted by Gasteiger charge is -2.30. The molecule has 0 unspecified atom stereocenters. The lowest BCUT2D eigenvalue weighted by Crippen LogP contribution is -2.30. The molecule has 0 saturated carbocycles. The molecule has 1 aliphatic rings. The number of nitrogens with zero attached hydrogens (tertiary/aromatic N) is 4. The Balaban J connectivity index is 1.60. The highest BCUT2D eigenvalue weighted by Gasteiger charge is 2.19. The Morgan fingerprint density at radius 3 is 2.48 bits per heavy atom. The molecule has 0 bridgehead atoms. The van der Waals surface area contributed by atoms with Crippen LogP contribution in [-0.4, -0.2) is 39.9 Å². The minimum Gasteiger partial charge on any atom is -0.370 e. The number of para-hydroxylation sites is 1. The van der Waals surface area contributed by atoms with Gasteiger partial charge in [-0.15, -0.1) is 5.10 Å². The molecule has 1 saturated heterocycles. The van der Waals surface area contributed by atoms with E-state index in [9.17, 15) is 9.59 Å². The van der Waals surface area contributed by atoms with Gasteiger partial charge in [0.05, 0.1) is 23.3 Å². The van der Waals surface area contributed by atoms with E-state index in [4.69, 9.17) is 5.73 Å². The topological polar surface area (TPSA) is 106 Å². The first-order valence-corrected chi connectivity index (χ1v) is 9.60. The summed E-state index contributed by atoms with van der Waals surface area (Å²) in [5, 5.41) is 11.3. The van der Waals surface area contributed by atoms with Crippen molar-refractivity contribution in [2.75, 3.05) is 23.3 Å². The normalized spacial score (nSPS) is 13.9. The van der Waals surface area contributed by atoms with Crippen molar-refractivity contribution in [1.29, 1.82) is 0 Å². The number of carbonyl (C=O) groups is 2. The minimum absolute atomic E-state index is 0.183. The number of carbonyl (C=O) groups excluding carboxylic acids is 2. The van der Waals surface area contributed by atoms with Gasteiger partial charge in [-0.3, -0.25) is 9.59 Å². The SMILES string of the molecule is NC(=O)c1ccc(N2CCCCC2)c(NC(=O)c2cnn(-c3ccccc3)n2)c1. The van der Waals surface area contributed by atoms with E-state index in [-0.39, 0.29) is 5.69 Å². The summed E-state index contributed by atoms with van der Waals surface area (Å²) in [6.07, 6.45) is 4.80. The Morgan fingerprint density at radius 2 is 1.76 bits per heavy atom. The van der Waals surface area contributed by atoms with Gasteiger partial charge in [-0.25, -0.2) is 0 Å². The highest BCUT2D eigenvalue weighted by Crippen LogP contribution is 2.30. The summed E-state index contributed by atoms with van der Waals surface area (Å²) in [5.74, 6) is -0.937. The van der Waals surface area contributed by atoms with E-state index in [1.165, 1.54) is 17.4 Å². The zero-order chi connectivity index (χ0) is 20.2. The number of aromatic nitrogens is 3. The average Bonchev–Trinajstić information content (AvgIpc) is 3.25. The van der Waals surface area contributed by atoms with E-state index in [0.29, 0.717) is 11.3 Å². The van der Waals surface area contributed by atoms with Gasteiger partial charge in [-0.1, -0.05) is 18.2 Å². The van der Waals surface area contributed by atoms with Crippen molar-refractivity contribution < 1.29 is 9.59 Å². The van der Waals surface area contributed by atoms with Crippen LogP contribution in [0.3, 0.4) is 0 Å². The molecule has 0 atom stereocenters. The van der Waals surface area contributed by atoms with Crippen molar-refractivity contribution in [1.82, 2.24) is 15.0 Å². The fraction of sp³-hybridized carbons (Fsp3) is 0.238. The molecule has 2 amide bonds. The van der Waals surface area contributed by atoms with Crippen LogP contribution in [0.1, 0.15) is 40.1 Å². The van der Waals surface area contributed by atoms with Crippen molar-refractivity contribution in [3.8, 4) is 5.69 Å². The predicted molar refractivity (Wildman–Crippen MR) is 110 cm³/mol. The molecule has 3 N–H and O–H groups in total. The van der Waals surface area contributed by atoms with E-state index in [1.54, 1.807) is 12.1 Å². The summed E-state index contributed by atoms with van der Waals surface area (Å²) in [5.41, 5.74) is 8.13. The number of nitrogens with one attached hydrogen (secondary N) is 1. The van der Waals surface area contributed by atoms with Crippen LogP contribution >= 0.6 is 0 Å². The zero-order valence-electron chi connectivity index (χ0n) is 15.9. The molecule has 148 valence electrons. The van der Waals surface area contributed by atoms with Crippen molar-refractivity contribution in [3.63, 3.8) is 0 Å². The van der Waals surface area contributed by atoms with E-state index in [2.05, 4.69) is 20.4 Å². The number of amides is 2. The molecule has 8 nitrogen and oxygen atoms in total. The molecule has 0 spiro atoms. The molecular weight excluding hydrogens is 368 g/mol. The number of hydrogen-bond acceptors (Lipinski definition) is 5. The number of anilines is 2. The third kappa shape index (κ3) is 4.11. The highest BCUT2D eigenvalue weighted by molar-refractivity contribution is 6.05. The van der Waals surface area contributed by atoms with Crippen LogP contribution in [0.15, 0.2) is 54.7 Å². The van der Waals surface area contributed by atoms with Gasteiger partial charge in [-0.2, -0.15) is 9.90 Å². The van der Waals surface area contributed by atoms with E-state index >= 15 is 0 Å². The van der Waals surface area contributed by atoms with Gasteiger partial charge in [-0.05, 0) is 49.6 Å². The maximum absolute atomic E-state index is 12.8. The molecule has 4 rings (SSSR count).